The van der Waals surface area contributed by atoms with Gasteiger partial charge in [-0.2, -0.15) is 4.98 Å². The first-order valence-corrected chi connectivity index (χ1v) is 12.3. The van der Waals surface area contributed by atoms with Gasteiger partial charge >= 0.3 is 0 Å². The van der Waals surface area contributed by atoms with Crippen LogP contribution in [0, 0.1) is 12.7 Å². The van der Waals surface area contributed by atoms with E-state index < -0.39 is 5.82 Å². The lowest BCUT2D eigenvalue weighted by molar-refractivity contribution is 0.407. The van der Waals surface area contributed by atoms with Gasteiger partial charge in [-0.1, -0.05) is 20.8 Å². The predicted octanol–water partition coefficient (Wildman–Crippen LogP) is 5.66. The van der Waals surface area contributed by atoms with E-state index >= 15 is 0 Å². The van der Waals surface area contributed by atoms with Gasteiger partial charge in [0.25, 0.3) is 0 Å². The van der Waals surface area contributed by atoms with E-state index in [1.54, 1.807) is 7.11 Å². The van der Waals surface area contributed by atoms with Crippen LogP contribution in [0.25, 0.3) is 0 Å². The Morgan fingerprint density at radius 1 is 1.11 bits per heavy atom. The molecule has 0 radical (unpaired) electrons. The van der Waals surface area contributed by atoms with Crippen molar-refractivity contribution in [3.63, 3.8) is 0 Å². The Labute approximate surface area is 213 Å². The molecular formula is C28H37FN6O. The monoisotopic (exact) mass is 492 g/mol. The van der Waals surface area contributed by atoms with Gasteiger partial charge in [0.05, 0.1) is 18.8 Å². The Morgan fingerprint density at radius 3 is 2.42 bits per heavy atom. The molecule has 0 bridgehead atoms. The van der Waals surface area contributed by atoms with Gasteiger partial charge in [-0.25, -0.2) is 9.37 Å². The average Bonchev–Trinajstić information content (AvgIpc) is 2.80. The number of nitrogens with one attached hydrogen (secondary N) is 1. The second-order valence-corrected chi connectivity index (χ2v) is 11.1. The van der Waals surface area contributed by atoms with E-state index in [0.29, 0.717) is 12.5 Å². The second kappa shape index (κ2) is 9.48. The molecule has 2 heterocycles. The number of anilines is 5. The summed E-state index contributed by atoms with van der Waals surface area (Å²) in [5.41, 5.74) is 10.5. The molecule has 1 aliphatic rings. The Kier molecular flexibility index (Phi) is 6.73. The predicted molar refractivity (Wildman–Crippen MR) is 146 cm³/mol. The molecule has 3 aromatic rings. The van der Waals surface area contributed by atoms with Crippen LogP contribution in [0.4, 0.5) is 33.2 Å². The van der Waals surface area contributed by atoms with Crippen LogP contribution >= 0.6 is 0 Å². The number of nitrogens with zero attached hydrogens (tertiary/aromatic N) is 4. The number of aryl methyl sites for hydroxylation is 1. The van der Waals surface area contributed by atoms with Crippen molar-refractivity contribution in [1.29, 1.82) is 0 Å². The number of halogens is 1. The highest BCUT2D eigenvalue weighted by atomic mass is 19.1. The number of hydrogen-bond donors (Lipinski definition) is 2. The quantitative estimate of drug-likeness (QED) is 0.445. The summed E-state index contributed by atoms with van der Waals surface area (Å²) in [6.45, 7) is 14.9. The van der Waals surface area contributed by atoms with Crippen LogP contribution in [-0.4, -0.2) is 42.3 Å². The normalized spacial score (nSPS) is 15.7. The molecule has 1 aliphatic heterocycles. The Bertz CT molecular complexity index is 1240. The third kappa shape index (κ3) is 5.17. The number of piperazine rings is 1. The van der Waals surface area contributed by atoms with E-state index in [0.717, 1.165) is 47.0 Å². The van der Waals surface area contributed by atoms with Crippen LogP contribution in [-0.2, 0) is 5.41 Å². The van der Waals surface area contributed by atoms with Crippen molar-refractivity contribution < 1.29 is 9.13 Å². The Hall–Kier alpha value is -3.55. The first-order valence-electron chi connectivity index (χ1n) is 12.3. The van der Waals surface area contributed by atoms with Crippen LogP contribution in [0.1, 0.15) is 45.7 Å². The molecule has 1 fully saturated rings. The molecule has 0 aliphatic carbocycles. The van der Waals surface area contributed by atoms with Gasteiger partial charge in [0.1, 0.15) is 5.75 Å². The summed E-state index contributed by atoms with van der Waals surface area (Å²) in [6.07, 6.45) is 1.24. The molecular weight excluding hydrogens is 455 g/mol. The number of aromatic nitrogens is 2. The molecule has 36 heavy (non-hydrogen) atoms. The van der Waals surface area contributed by atoms with E-state index in [1.807, 2.05) is 31.2 Å². The van der Waals surface area contributed by atoms with Crippen LogP contribution in [0.3, 0.4) is 0 Å². The molecule has 0 amide bonds. The molecule has 7 nitrogen and oxygen atoms in total. The maximum Gasteiger partial charge on any atom is 0.227 e. The number of rotatable bonds is 5. The Balaban J connectivity index is 1.57. The van der Waals surface area contributed by atoms with Crippen molar-refractivity contribution in [3.05, 3.63) is 59.5 Å². The molecule has 0 saturated carbocycles. The van der Waals surface area contributed by atoms with Crippen molar-refractivity contribution in [2.45, 2.75) is 52.5 Å². The van der Waals surface area contributed by atoms with Gasteiger partial charge in [0, 0.05) is 36.7 Å². The van der Waals surface area contributed by atoms with Crippen molar-refractivity contribution >= 4 is 28.8 Å². The van der Waals surface area contributed by atoms with Gasteiger partial charge in [0.15, 0.2) is 11.6 Å². The summed E-state index contributed by atoms with van der Waals surface area (Å²) in [6, 6.07) is 12.0. The zero-order valence-corrected chi connectivity index (χ0v) is 22.3. The summed E-state index contributed by atoms with van der Waals surface area (Å²) < 4.78 is 20.1. The van der Waals surface area contributed by atoms with Crippen molar-refractivity contribution in [2.75, 3.05) is 47.6 Å². The van der Waals surface area contributed by atoms with Crippen LogP contribution in [0.15, 0.2) is 42.6 Å². The van der Waals surface area contributed by atoms with Crippen LogP contribution in [0.5, 0.6) is 5.75 Å². The highest BCUT2D eigenvalue weighted by Gasteiger charge is 2.35. The molecule has 1 saturated heterocycles. The van der Waals surface area contributed by atoms with E-state index in [2.05, 4.69) is 71.8 Å². The fourth-order valence-corrected chi connectivity index (χ4v) is 4.81. The lowest BCUT2D eigenvalue weighted by atomic mass is 9.85. The van der Waals surface area contributed by atoms with Crippen molar-refractivity contribution in [1.82, 2.24) is 9.97 Å². The first-order chi connectivity index (χ1) is 16.9. The molecule has 8 heteroatoms. The third-order valence-corrected chi connectivity index (χ3v) is 6.76. The minimum atomic E-state index is -0.497. The van der Waals surface area contributed by atoms with Crippen molar-refractivity contribution in [2.24, 2.45) is 0 Å². The van der Waals surface area contributed by atoms with E-state index in [9.17, 15) is 4.39 Å². The third-order valence-electron chi connectivity index (χ3n) is 6.76. The Morgan fingerprint density at radius 2 is 1.81 bits per heavy atom. The second-order valence-electron chi connectivity index (χ2n) is 11.1. The minimum Gasteiger partial charge on any atom is -0.497 e. The highest BCUT2D eigenvalue weighted by Crippen LogP contribution is 2.35. The molecule has 1 aromatic heterocycles. The zero-order chi connectivity index (χ0) is 26.3. The van der Waals surface area contributed by atoms with Gasteiger partial charge in [-0.3, -0.25) is 0 Å². The maximum absolute atomic E-state index is 14.8. The lowest BCUT2D eigenvalue weighted by Crippen LogP contribution is -2.60. The average molecular weight is 493 g/mol. The highest BCUT2D eigenvalue weighted by molar-refractivity contribution is 5.68. The van der Waals surface area contributed by atoms with Crippen molar-refractivity contribution in [3.8, 4) is 5.75 Å². The molecule has 0 atom stereocenters. The van der Waals surface area contributed by atoms with Crippen LogP contribution < -0.4 is 25.6 Å². The SMILES string of the molecule is COc1ccc(N2CCN(c3ncc(F)c(Nc4cc(C(C)(C)C)c(N)cc4C)n3)CC2(C)C)cc1. The van der Waals surface area contributed by atoms with Gasteiger partial charge in [-0.05, 0) is 73.7 Å². The minimum absolute atomic E-state index is 0.140. The van der Waals surface area contributed by atoms with E-state index in [-0.39, 0.29) is 16.8 Å². The van der Waals surface area contributed by atoms with Crippen LogP contribution in [0.2, 0.25) is 0 Å². The number of ether oxygens (including phenoxy) is 1. The fourth-order valence-electron chi connectivity index (χ4n) is 4.81. The smallest absolute Gasteiger partial charge is 0.227 e. The molecule has 2 aromatic carbocycles. The first kappa shape index (κ1) is 25.5. The maximum atomic E-state index is 14.8. The van der Waals surface area contributed by atoms with E-state index in [1.165, 1.54) is 6.20 Å². The molecule has 0 spiro atoms. The van der Waals surface area contributed by atoms with Gasteiger partial charge in [0.2, 0.25) is 5.95 Å². The number of nitrogen functional groups attached to an aromatic ring is 1. The topological polar surface area (TPSA) is 79.5 Å². The summed E-state index contributed by atoms with van der Waals surface area (Å²) in [5, 5.41) is 3.20. The molecule has 0 unspecified atom stereocenters. The molecule has 192 valence electrons. The van der Waals surface area contributed by atoms with Gasteiger partial charge < -0.3 is 25.6 Å². The number of nitrogens with two attached hydrogens (primary N) is 1. The largest absolute Gasteiger partial charge is 0.497 e. The number of methoxy groups -OCH3 is 1. The number of benzene rings is 2. The summed E-state index contributed by atoms with van der Waals surface area (Å²) in [4.78, 5) is 13.4. The zero-order valence-electron chi connectivity index (χ0n) is 22.3. The lowest BCUT2D eigenvalue weighted by Gasteiger charge is -2.48. The molecule has 3 N–H and O–H groups in total. The van der Waals surface area contributed by atoms with Gasteiger partial charge in [-0.15, -0.1) is 0 Å². The summed E-state index contributed by atoms with van der Waals surface area (Å²) in [7, 11) is 1.67. The van der Waals surface area contributed by atoms with E-state index in [4.69, 9.17) is 10.5 Å². The fraction of sp³-hybridized carbons (Fsp3) is 0.429. The molecule has 4 rings (SSSR count). The number of hydrogen-bond acceptors (Lipinski definition) is 7. The standard InChI is InChI=1S/C28H37FN6O/c1-18-14-23(30)21(27(2,3)4)15-24(18)32-25-22(29)16-31-26(33-25)34-12-13-35(28(5,6)17-34)19-8-10-20(36-7)11-9-19/h8-11,14-16H,12-13,17,30H2,1-7H3,(H,31,32,33). The summed E-state index contributed by atoms with van der Waals surface area (Å²) >= 11 is 0. The summed E-state index contributed by atoms with van der Waals surface area (Å²) in [5.74, 6) is 0.998.